The molecule has 138 valence electrons. The van der Waals surface area contributed by atoms with Gasteiger partial charge in [0.25, 0.3) is 0 Å². The van der Waals surface area contributed by atoms with Crippen LogP contribution >= 0.6 is 0 Å². The van der Waals surface area contributed by atoms with Gasteiger partial charge in [0.05, 0.1) is 0 Å². The molecule has 1 saturated carbocycles. The molecule has 1 heterocycles. The van der Waals surface area contributed by atoms with Gasteiger partial charge in [0.2, 0.25) is 11.9 Å². The highest BCUT2D eigenvalue weighted by molar-refractivity contribution is 5.69. The molecule has 0 unspecified atom stereocenters. The molecule has 1 aliphatic rings. The van der Waals surface area contributed by atoms with E-state index in [1.165, 1.54) is 19.3 Å². The van der Waals surface area contributed by atoms with Gasteiger partial charge in [0.15, 0.2) is 12.4 Å². The molecule has 1 fully saturated rings. The van der Waals surface area contributed by atoms with E-state index in [1.807, 2.05) is 31.2 Å². The van der Waals surface area contributed by atoms with Crippen molar-refractivity contribution in [3.05, 3.63) is 35.7 Å². The van der Waals surface area contributed by atoms with Gasteiger partial charge in [-0.05, 0) is 37.3 Å². The number of anilines is 3. The van der Waals surface area contributed by atoms with Gasteiger partial charge in [-0.2, -0.15) is 15.0 Å². The number of ether oxygens (including phenoxy) is 1. The lowest BCUT2D eigenvalue weighted by Gasteiger charge is -2.20. The zero-order valence-electron chi connectivity index (χ0n) is 15.1. The van der Waals surface area contributed by atoms with E-state index in [2.05, 4.69) is 20.3 Å². The SMILES string of the molecule is Cc1ccccc1Nc1nc(N)nc(COC(=O)CC2CCCCC2)n1. The van der Waals surface area contributed by atoms with Crippen molar-refractivity contribution in [2.45, 2.75) is 52.1 Å². The maximum Gasteiger partial charge on any atom is 0.306 e. The first kappa shape index (κ1) is 18.1. The normalized spacial score (nSPS) is 14.8. The van der Waals surface area contributed by atoms with Crippen LogP contribution in [0.15, 0.2) is 24.3 Å². The number of hydrogen-bond acceptors (Lipinski definition) is 7. The number of nitrogens with one attached hydrogen (secondary N) is 1. The first-order valence-electron chi connectivity index (χ1n) is 9.09. The molecule has 0 amide bonds. The van der Waals surface area contributed by atoms with Crippen molar-refractivity contribution >= 4 is 23.6 Å². The Morgan fingerprint density at radius 3 is 2.73 bits per heavy atom. The molecule has 0 saturated heterocycles. The average Bonchev–Trinajstić information content (AvgIpc) is 2.62. The Kier molecular flexibility index (Phi) is 5.99. The van der Waals surface area contributed by atoms with Gasteiger partial charge in [0.1, 0.15) is 0 Å². The van der Waals surface area contributed by atoms with Crippen LogP contribution in [0.3, 0.4) is 0 Å². The van der Waals surface area contributed by atoms with E-state index in [9.17, 15) is 4.79 Å². The van der Waals surface area contributed by atoms with Crippen LogP contribution in [0.5, 0.6) is 0 Å². The number of carbonyl (C=O) groups is 1. The molecule has 26 heavy (non-hydrogen) atoms. The van der Waals surface area contributed by atoms with Crippen LogP contribution in [0, 0.1) is 12.8 Å². The van der Waals surface area contributed by atoms with Crippen LogP contribution in [-0.4, -0.2) is 20.9 Å². The Balaban J connectivity index is 1.58. The quantitative estimate of drug-likeness (QED) is 0.764. The third kappa shape index (κ3) is 5.15. The van der Waals surface area contributed by atoms with Crippen LogP contribution in [0.25, 0.3) is 0 Å². The molecule has 3 N–H and O–H groups in total. The zero-order chi connectivity index (χ0) is 18.4. The summed E-state index contributed by atoms with van der Waals surface area (Å²) in [7, 11) is 0. The van der Waals surface area contributed by atoms with E-state index in [0.717, 1.165) is 24.1 Å². The molecule has 2 aromatic rings. The lowest BCUT2D eigenvalue weighted by atomic mass is 9.87. The van der Waals surface area contributed by atoms with E-state index in [0.29, 0.717) is 24.1 Å². The van der Waals surface area contributed by atoms with Crippen LogP contribution in [0.1, 0.15) is 49.9 Å². The highest BCUT2D eigenvalue weighted by Gasteiger charge is 2.18. The Hall–Kier alpha value is -2.70. The minimum Gasteiger partial charge on any atom is -0.457 e. The summed E-state index contributed by atoms with van der Waals surface area (Å²) in [6.45, 7) is 1.99. The van der Waals surface area contributed by atoms with Crippen molar-refractivity contribution < 1.29 is 9.53 Å². The lowest BCUT2D eigenvalue weighted by Crippen LogP contribution is -2.15. The van der Waals surface area contributed by atoms with Gasteiger partial charge >= 0.3 is 5.97 Å². The first-order chi connectivity index (χ1) is 12.6. The summed E-state index contributed by atoms with van der Waals surface area (Å²) in [6, 6.07) is 7.80. The topological polar surface area (TPSA) is 103 Å². The van der Waals surface area contributed by atoms with Gasteiger partial charge < -0.3 is 15.8 Å². The number of nitrogens with zero attached hydrogens (tertiary/aromatic N) is 3. The fourth-order valence-electron chi connectivity index (χ4n) is 3.22. The molecule has 0 bridgehead atoms. The molecule has 0 spiro atoms. The molecule has 1 aliphatic carbocycles. The summed E-state index contributed by atoms with van der Waals surface area (Å²) < 4.78 is 5.34. The summed E-state index contributed by atoms with van der Waals surface area (Å²) in [5.74, 6) is 1.01. The molecule has 3 rings (SSSR count). The van der Waals surface area contributed by atoms with Crippen molar-refractivity contribution in [2.24, 2.45) is 5.92 Å². The predicted octanol–water partition coefficient (Wildman–Crippen LogP) is 3.52. The zero-order valence-corrected chi connectivity index (χ0v) is 15.1. The number of aromatic nitrogens is 3. The third-order valence-electron chi connectivity index (χ3n) is 4.63. The molecular formula is C19H25N5O2. The Morgan fingerprint density at radius 1 is 1.19 bits per heavy atom. The van der Waals surface area contributed by atoms with Crippen molar-refractivity contribution in [3.8, 4) is 0 Å². The fraction of sp³-hybridized carbons (Fsp3) is 0.474. The second kappa shape index (κ2) is 8.60. The number of nitrogen functional groups attached to an aromatic ring is 1. The standard InChI is InChI=1S/C19H25N5O2/c1-13-7-5-6-10-15(13)21-19-23-16(22-18(20)24-19)12-26-17(25)11-14-8-3-2-4-9-14/h5-7,10,14H,2-4,8-9,11-12H2,1H3,(H3,20,21,22,23,24). The minimum absolute atomic E-state index is 0.000719. The van der Waals surface area contributed by atoms with E-state index in [4.69, 9.17) is 10.5 Å². The summed E-state index contributed by atoms with van der Waals surface area (Å²) >= 11 is 0. The molecule has 7 nitrogen and oxygen atoms in total. The summed E-state index contributed by atoms with van der Waals surface area (Å²) in [6.07, 6.45) is 6.36. The molecule has 0 aliphatic heterocycles. The Labute approximate surface area is 153 Å². The van der Waals surface area contributed by atoms with Gasteiger partial charge in [-0.1, -0.05) is 37.5 Å². The van der Waals surface area contributed by atoms with Crippen molar-refractivity contribution in [2.75, 3.05) is 11.1 Å². The highest BCUT2D eigenvalue weighted by atomic mass is 16.5. The maximum absolute atomic E-state index is 12.0. The number of aryl methyl sites for hydroxylation is 1. The molecule has 0 radical (unpaired) electrons. The maximum atomic E-state index is 12.0. The van der Waals surface area contributed by atoms with E-state index < -0.39 is 0 Å². The van der Waals surface area contributed by atoms with Crippen LogP contribution in [0.4, 0.5) is 17.6 Å². The average molecular weight is 355 g/mol. The molecule has 1 aromatic heterocycles. The Morgan fingerprint density at radius 2 is 1.96 bits per heavy atom. The minimum atomic E-state index is -0.204. The number of benzene rings is 1. The molecular weight excluding hydrogens is 330 g/mol. The monoisotopic (exact) mass is 355 g/mol. The number of para-hydroxylation sites is 1. The second-order valence-electron chi connectivity index (χ2n) is 6.74. The smallest absolute Gasteiger partial charge is 0.306 e. The van der Waals surface area contributed by atoms with Crippen LogP contribution in [-0.2, 0) is 16.1 Å². The van der Waals surface area contributed by atoms with Crippen molar-refractivity contribution in [3.63, 3.8) is 0 Å². The van der Waals surface area contributed by atoms with E-state index >= 15 is 0 Å². The molecule has 1 aromatic carbocycles. The Bertz CT molecular complexity index is 759. The predicted molar refractivity (Wildman–Crippen MR) is 99.7 cm³/mol. The largest absolute Gasteiger partial charge is 0.457 e. The fourth-order valence-corrected chi connectivity index (χ4v) is 3.22. The number of nitrogens with two attached hydrogens (primary N) is 1. The molecule has 0 atom stereocenters. The second-order valence-corrected chi connectivity index (χ2v) is 6.74. The van der Waals surface area contributed by atoms with Gasteiger partial charge in [-0.15, -0.1) is 0 Å². The van der Waals surface area contributed by atoms with Crippen molar-refractivity contribution in [1.29, 1.82) is 0 Å². The highest BCUT2D eigenvalue weighted by Crippen LogP contribution is 2.26. The number of carbonyl (C=O) groups excluding carboxylic acids is 1. The summed E-state index contributed by atoms with van der Waals surface area (Å²) in [5, 5.41) is 3.12. The van der Waals surface area contributed by atoms with Crippen LogP contribution in [0.2, 0.25) is 0 Å². The third-order valence-corrected chi connectivity index (χ3v) is 4.63. The number of rotatable bonds is 6. The van der Waals surface area contributed by atoms with Gasteiger partial charge in [-0.25, -0.2) is 0 Å². The van der Waals surface area contributed by atoms with Crippen LogP contribution < -0.4 is 11.1 Å². The van der Waals surface area contributed by atoms with E-state index in [-0.39, 0.29) is 18.5 Å². The van der Waals surface area contributed by atoms with Gasteiger partial charge in [0, 0.05) is 12.1 Å². The van der Waals surface area contributed by atoms with Gasteiger partial charge in [-0.3, -0.25) is 4.79 Å². The van der Waals surface area contributed by atoms with E-state index in [1.54, 1.807) is 0 Å². The molecule has 7 heteroatoms. The summed E-state index contributed by atoms with van der Waals surface area (Å²) in [5.41, 5.74) is 7.71. The number of esters is 1. The first-order valence-corrected chi connectivity index (χ1v) is 9.09. The number of hydrogen-bond donors (Lipinski definition) is 2. The van der Waals surface area contributed by atoms with Crippen molar-refractivity contribution in [1.82, 2.24) is 15.0 Å². The summed E-state index contributed by atoms with van der Waals surface area (Å²) in [4.78, 5) is 24.5. The lowest BCUT2D eigenvalue weighted by molar-refractivity contribution is -0.146.